The van der Waals surface area contributed by atoms with Crippen molar-refractivity contribution >= 4 is 0 Å². The third kappa shape index (κ3) is 2.54. The monoisotopic (exact) mass is 235 g/mol. The van der Waals surface area contributed by atoms with Gasteiger partial charge in [0.15, 0.2) is 5.82 Å². The molecule has 1 aromatic heterocycles. The first-order valence-corrected chi connectivity index (χ1v) is 5.18. The zero-order valence-corrected chi connectivity index (χ0v) is 9.29. The first-order chi connectivity index (χ1) is 8.18. The van der Waals surface area contributed by atoms with E-state index in [1.807, 2.05) is 6.92 Å². The number of benzene rings is 1. The SMILES string of the molecule is CC(NCc1ncon1)c1c(O)cccc1O. The van der Waals surface area contributed by atoms with Crippen molar-refractivity contribution in [2.45, 2.75) is 19.5 Å². The second-order valence-electron chi connectivity index (χ2n) is 3.66. The van der Waals surface area contributed by atoms with E-state index in [4.69, 9.17) is 0 Å². The van der Waals surface area contributed by atoms with Crippen LogP contribution in [0.4, 0.5) is 0 Å². The van der Waals surface area contributed by atoms with Crippen LogP contribution in [-0.4, -0.2) is 20.4 Å². The van der Waals surface area contributed by atoms with E-state index in [0.717, 1.165) is 0 Å². The van der Waals surface area contributed by atoms with Gasteiger partial charge in [-0.05, 0) is 19.1 Å². The summed E-state index contributed by atoms with van der Waals surface area (Å²) < 4.78 is 4.60. The second-order valence-corrected chi connectivity index (χ2v) is 3.66. The molecular formula is C11H13N3O3. The summed E-state index contributed by atoms with van der Waals surface area (Å²) >= 11 is 0. The molecule has 1 atom stereocenters. The van der Waals surface area contributed by atoms with Crippen LogP contribution in [0.5, 0.6) is 11.5 Å². The lowest BCUT2D eigenvalue weighted by Gasteiger charge is -2.15. The fourth-order valence-corrected chi connectivity index (χ4v) is 1.60. The molecule has 1 unspecified atom stereocenters. The summed E-state index contributed by atoms with van der Waals surface area (Å²) in [4.78, 5) is 3.86. The van der Waals surface area contributed by atoms with E-state index >= 15 is 0 Å². The van der Waals surface area contributed by atoms with Crippen molar-refractivity contribution in [3.05, 3.63) is 36.0 Å². The van der Waals surface area contributed by atoms with Crippen LogP contribution < -0.4 is 5.32 Å². The van der Waals surface area contributed by atoms with Crippen molar-refractivity contribution in [2.24, 2.45) is 0 Å². The number of phenols is 2. The molecule has 0 spiro atoms. The van der Waals surface area contributed by atoms with Crippen molar-refractivity contribution in [3.63, 3.8) is 0 Å². The first kappa shape index (κ1) is 11.4. The van der Waals surface area contributed by atoms with Gasteiger partial charge in [-0.3, -0.25) is 0 Å². The number of aromatic nitrogens is 2. The zero-order valence-electron chi connectivity index (χ0n) is 9.29. The van der Waals surface area contributed by atoms with Crippen molar-refractivity contribution in [1.29, 1.82) is 0 Å². The van der Waals surface area contributed by atoms with Gasteiger partial charge in [0.05, 0.1) is 12.1 Å². The van der Waals surface area contributed by atoms with Crippen molar-refractivity contribution in [2.75, 3.05) is 0 Å². The quantitative estimate of drug-likeness (QED) is 0.740. The van der Waals surface area contributed by atoms with Crippen LogP contribution in [0.1, 0.15) is 24.4 Å². The summed E-state index contributed by atoms with van der Waals surface area (Å²) in [6.07, 6.45) is 1.25. The number of nitrogens with one attached hydrogen (secondary N) is 1. The van der Waals surface area contributed by atoms with Gasteiger partial charge < -0.3 is 20.1 Å². The van der Waals surface area contributed by atoms with Crippen LogP contribution in [-0.2, 0) is 6.54 Å². The van der Waals surface area contributed by atoms with E-state index in [2.05, 4.69) is 20.0 Å². The van der Waals surface area contributed by atoms with Crippen LogP contribution in [0.2, 0.25) is 0 Å². The molecule has 6 heteroatoms. The number of phenolic OH excluding ortho intramolecular Hbond substituents is 2. The Labute approximate surface area is 97.9 Å². The van der Waals surface area contributed by atoms with E-state index in [-0.39, 0.29) is 17.5 Å². The molecule has 2 aromatic rings. The Morgan fingerprint density at radius 3 is 2.65 bits per heavy atom. The molecule has 0 bridgehead atoms. The molecule has 0 radical (unpaired) electrons. The predicted molar refractivity (Wildman–Crippen MR) is 59.3 cm³/mol. The third-order valence-electron chi connectivity index (χ3n) is 2.47. The summed E-state index contributed by atoms with van der Waals surface area (Å²) in [5, 5.41) is 26.1. The fraction of sp³-hybridized carbons (Fsp3) is 0.273. The average Bonchev–Trinajstić information content (AvgIpc) is 2.79. The maximum atomic E-state index is 9.67. The van der Waals surface area contributed by atoms with Crippen LogP contribution in [0.15, 0.2) is 29.1 Å². The molecule has 0 aliphatic heterocycles. The zero-order chi connectivity index (χ0) is 12.3. The lowest BCUT2D eigenvalue weighted by Crippen LogP contribution is -2.19. The molecule has 6 nitrogen and oxygen atoms in total. The lowest BCUT2D eigenvalue weighted by molar-refractivity contribution is 0.399. The number of hydrogen-bond acceptors (Lipinski definition) is 6. The Hall–Kier alpha value is -2.08. The Balaban J connectivity index is 2.07. The molecule has 1 heterocycles. The molecule has 0 saturated carbocycles. The minimum Gasteiger partial charge on any atom is -0.507 e. The van der Waals surface area contributed by atoms with Crippen molar-refractivity contribution in [3.8, 4) is 11.5 Å². The van der Waals surface area contributed by atoms with Gasteiger partial charge >= 0.3 is 0 Å². The lowest BCUT2D eigenvalue weighted by atomic mass is 10.1. The highest BCUT2D eigenvalue weighted by Gasteiger charge is 2.14. The van der Waals surface area contributed by atoms with E-state index in [0.29, 0.717) is 17.9 Å². The Bertz CT molecular complexity index is 464. The molecule has 90 valence electrons. The van der Waals surface area contributed by atoms with Crippen molar-refractivity contribution in [1.82, 2.24) is 15.5 Å². The van der Waals surface area contributed by atoms with Gasteiger partial charge in [0, 0.05) is 6.04 Å². The molecule has 0 saturated heterocycles. The largest absolute Gasteiger partial charge is 0.507 e. The number of hydrogen-bond donors (Lipinski definition) is 3. The molecule has 2 rings (SSSR count). The summed E-state index contributed by atoms with van der Waals surface area (Å²) in [5.74, 6) is 0.628. The fourth-order valence-electron chi connectivity index (χ4n) is 1.60. The molecule has 0 fully saturated rings. The normalized spacial score (nSPS) is 12.5. The molecule has 1 aromatic carbocycles. The molecule has 3 N–H and O–H groups in total. The van der Waals surface area contributed by atoms with Gasteiger partial charge in [-0.15, -0.1) is 0 Å². The average molecular weight is 235 g/mol. The highest BCUT2D eigenvalue weighted by molar-refractivity contribution is 5.44. The van der Waals surface area contributed by atoms with Crippen LogP contribution in [0.3, 0.4) is 0 Å². The maximum Gasteiger partial charge on any atom is 0.213 e. The smallest absolute Gasteiger partial charge is 0.213 e. The second kappa shape index (κ2) is 4.84. The van der Waals surface area contributed by atoms with Gasteiger partial charge in [-0.2, -0.15) is 4.98 Å². The molecule has 17 heavy (non-hydrogen) atoms. The third-order valence-corrected chi connectivity index (χ3v) is 2.47. The van der Waals surface area contributed by atoms with Gasteiger partial charge in [0.2, 0.25) is 6.39 Å². The Kier molecular flexibility index (Phi) is 3.24. The molecular weight excluding hydrogens is 222 g/mol. The minimum atomic E-state index is -0.227. The standard InChI is InChI=1S/C11H13N3O3/c1-7(12-5-10-13-6-17-14-10)11-8(15)3-2-4-9(11)16/h2-4,6-7,12,15-16H,5H2,1H3. The van der Waals surface area contributed by atoms with E-state index in [1.54, 1.807) is 6.07 Å². The molecule has 0 aliphatic carbocycles. The van der Waals surface area contributed by atoms with Crippen molar-refractivity contribution < 1.29 is 14.7 Å². The summed E-state index contributed by atoms with van der Waals surface area (Å²) in [7, 11) is 0. The van der Waals surface area contributed by atoms with E-state index < -0.39 is 0 Å². The number of nitrogens with zero attached hydrogens (tertiary/aromatic N) is 2. The first-order valence-electron chi connectivity index (χ1n) is 5.18. The number of aromatic hydroxyl groups is 2. The van der Waals surface area contributed by atoms with Gasteiger partial charge in [0.1, 0.15) is 11.5 Å². The molecule has 0 amide bonds. The Morgan fingerprint density at radius 2 is 2.06 bits per heavy atom. The molecule has 0 aliphatic rings. The van der Waals surface area contributed by atoms with E-state index in [9.17, 15) is 10.2 Å². The minimum absolute atomic E-state index is 0.0538. The highest BCUT2D eigenvalue weighted by Crippen LogP contribution is 2.32. The van der Waals surface area contributed by atoms with Crippen LogP contribution in [0.25, 0.3) is 0 Å². The Morgan fingerprint density at radius 1 is 1.35 bits per heavy atom. The predicted octanol–water partition coefficient (Wildman–Crippen LogP) is 1.33. The summed E-state index contributed by atoms with van der Waals surface area (Å²) in [5.41, 5.74) is 0.455. The summed E-state index contributed by atoms with van der Waals surface area (Å²) in [6, 6.07) is 4.41. The van der Waals surface area contributed by atoms with Gasteiger partial charge in [-0.1, -0.05) is 11.2 Å². The number of rotatable bonds is 4. The van der Waals surface area contributed by atoms with Crippen LogP contribution >= 0.6 is 0 Å². The van der Waals surface area contributed by atoms with E-state index in [1.165, 1.54) is 18.5 Å². The van der Waals surface area contributed by atoms with Gasteiger partial charge in [-0.25, -0.2) is 0 Å². The summed E-state index contributed by atoms with van der Waals surface area (Å²) in [6.45, 7) is 2.22. The maximum absolute atomic E-state index is 9.67. The topological polar surface area (TPSA) is 91.4 Å². The highest BCUT2D eigenvalue weighted by atomic mass is 16.5. The van der Waals surface area contributed by atoms with Gasteiger partial charge in [0.25, 0.3) is 0 Å². The van der Waals surface area contributed by atoms with Crippen LogP contribution in [0, 0.1) is 0 Å².